The largest absolute Gasteiger partial charge is 0.421 e. The number of pyridine rings is 1. The van der Waals surface area contributed by atoms with Crippen molar-refractivity contribution in [3.05, 3.63) is 100 Å². The van der Waals surface area contributed by atoms with E-state index >= 15 is 0 Å². The zero-order valence-corrected chi connectivity index (χ0v) is 19.2. The number of aliphatic imine (C=N–C) groups is 1. The second-order valence-corrected chi connectivity index (χ2v) is 8.62. The van der Waals surface area contributed by atoms with E-state index in [1.807, 2.05) is 6.07 Å². The molecular weight excluding hydrogens is 493 g/mol. The summed E-state index contributed by atoms with van der Waals surface area (Å²) in [7, 11) is 0. The van der Waals surface area contributed by atoms with Crippen molar-refractivity contribution in [3.8, 4) is 5.75 Å². The number of benzene rings is 2. The zero-order valence-electron chi connectivity index (χ0n) is 17.6. The van der Waals surface area contributed by atoms with E-state index in [0.717, 1.165) is 17.7 Å². The Morgan fingerprint density at radius 3 is 2.69 bits per heavy atom. The van der Waals surface area contributed by atoms with Gasteiger partial charge in [-0.1, -0.05) is 17.7 Å². The van der Waals surface area contributed by atoms with Gasteiger partial charge in [-0.15, -0.1) is 0 Å². The summed E-state index contributed by atoms with van der Waals surface area (Å²) in [5.41, 5.74) is 1.43. The number of nitrogens with one attached hydrogen (secondary N) is 1. The number of amides is 1. The lowest BCUT2D eigenvalue weighted by Gasteiger charge is -2.20. The van der Waals surface area contributed by atoms with E-state index in [0.29, 0.717) is 10.6 Å². The van der Waals surface area contributed by atoms with Crippen LogP contribution in [0.1, 0.15) is 21.5 Å². The molecular formula is C24H13ClFN5O3S. The van der Waals surface area contributed by atoms with Gasteiger partial charge in [-0.2, -0.15) is 15.1 Å². The summed E-state index contributed by atoms with van der Waals surface area (Å²) >= 11 is 7.46. The lowest BCUT2D eigenvalue weighted by Crippen LogP contribution is -2.35. The molecule has 2 aliphatic heterocycles. The van der Waals surface area contributed by atoms with Crippen LogP contribution < -0.4 is 4.74 Å². The molecule has 35 heavy (non-hydrogen) atoms. The highest BCUT2D eigenvalue weighted by Crippen LogP contribution is 2.32. The second kappa shape index (κ2) is 9.24. The van der Waals surface area contributed by atoms with Gasteiger partial charge in [-0.3, -0.25) is 15.2 Å². The number of carbonyl (C=O) groups excluding carboxylic acids is 2. The Balaban J connectivity index is 1.37. The van der Waals surface area contributed by atoms with Crippen molar-refractivity contribution in [3.63, 3.8) is 0 Å². The van der Waals surface area contributed by atoms with E-state index in [4.69, 9.17) is 21.7 Å². The molecule has 0 fully saturated rings. The van der Waals surface area contributed by atoms with Crippen LogP contribution >= 0.6 is 23.4 Å². The first-order chi connectivity index (χ1) is 16.9. The molecule has 3 heterocycles. The third kappa shape index (κ3) is 4.61. The summed E-state index contributed by atoms with van der Waals surface area (Å²) in [6.07, 6.45) is 4.74. The highest BCUT2D eigenvalue weighted by atomic mass is 35.5. The molecule has 2 aromatic carbocycles. The molecule has 2 aliphatic rings. The molecule has 1 aromatic heterocycles. The number of fused-ring (bicyclic) bond motifs is 1. The first kappa shape index (κ1) is 22.6. The summed E-state index contributed by atoms with van der Waals surface area (Å²) < 4.78 is 18.4. The summed E-state index contributed by atoms with van der Waals surface area (Å²) in [4.78, 5) is 33.0. The van der Waals surface area contributed by atoms with Crippen molar-refractivity contribution in [2.45, 2.75) is 0 Å². The fourth-order valence-electron chi connectivity index (χ4n) is 3.20. The van der Waals surface area contributed by atoms with Crippen LogP contribution in [0.2, 0.25) is 5.02 Å². The van der Waals surface area contributed by atoms with Crippen LogP contribution in [-0.4, -0.2) is 37.9 Å². The number of thioether (sulfide) groups is 1. The maximum absolute atomic E-state index is 13.1. The van der Waals surface area contributed by atoms with E-state index in [9.17, 15) is 14.0 Å². The molecule has 0 saturated carbocycles. The quantitative estimate of drug-likeness (QED) is 0.311. The molecule has 11 heteroatoms. The number of carbonyl (C=O) groups is 2. The Kier molecular flexibility index (Phi) is 5.98. The summed E-state index contributed by atoms with van der Waals surface area (Å²) in [6.45, 7) is 0. The Labute approximate surface area is 207 Å². The number of hydrogen-bond acceptors (Lipinski definition) is 7. The SMILES string of the molecule is N=C1/C(=C/c2ccc(OC(=O)c3ccc(F)cc3)c(Cl)c2)C(=O)N=C2SC(c3cccnc3)=NN12. The van der Waals surface area contributed by atoms with Crippen LogP contribution in [0.5, 0.6) is 5.75 Å². The van der Waals surface area contributed by atoms with Gasteiger partial charge >= 0.3 is 5.97 Å². The number of nitrogens with zero attached hydrogens (tertiary/aromatic N) is 4. The minimum atomic E-state index is -0.696. The number of rotatable bonds is 4. The Morgan fingerprint density at radius 1 is 1.17 bits per heavy atom. The highest BCUT2D eigenvalue weighted by molar-refractivity contribution is 8.27. The van der Waals surface area contributed by atoms with Gasteiger partial charge in [-0.05, 0) is 71.9 Å². The molecule has 0 bridgehead atoms. The standard InChI is InChI=1S/C24H13ClFN5O3S/c25-18-11-13(3-8-19(18)34-23(33)14-4-6-16(26)7-5-14)10-17-20(27)31-24(29-21(17)32)35-22(30-31)15-2-1-9-28-12-15/h1-12,27H/b17-10-,27-20?. The van der Waals surface area contributed by atoms with Gasteiger partial charge in [0.2, 0.25) is 5.17 Å². The van der Waals surface area contributed by atoms with Crippen LogP contribution in [0.25, 0.3) is 6.08 Å². The Bertz CT molecular complexity index is 1470. The Morgan fingerprint density at radius 2 is 1.97 bits per heavy atom. The normalized spacial score (nSPS) is 16.2. The maximum Gasteiger partial charge on any atom is 0.343 e. The average molecular weight is 506 g/mol. The van der Waals surface area contributed by atoms with Crippen LogP contribution in [0.15, 0.2) is 82.7 Å². The fraction of sp³-hybridized carbons (Fsp3) is 0. The first-order valence-corrected chi connectivity index (χ1v) is 11.3. The van der Waals surface area contributed by atoms with Crippen molar-refractivity contribution in [2.24, 2.45) is 10.1 Å². The Hall–Kier alpha value is -4.15. The summed E-state index contributed by atoms with van der Waals surface area (Å²) in [5.74, 6) is -1.79. The molecule has 0 spiro atoms. The molecule has 5 rings (SSSR count). The van der Waals surface area contributed by atoms with Gasteiger partial charge in [0.05, 0.1) is 16.2 Å². The summed E-state index contributed by atoms with van der Waals surface area (Å²) in [6, 6.07) is 13.0. The van der Waals surface area contributed by atoms with Gasteiger partial charge in [0.25, 0.3) is 5.91 Å². The van der Waals surface area contributed by atoms with Crippen LogP contribution in [-0.2, 0) is 4.79 Å². The average Bonchev–Trinajstić information content (AvgIpc) is 3.28. The molecule has 0 aliphatic carbocycles. The molecule has 1 N–H and O–H groups in total. The fourth-order valence-corrected chi connectivity index (χ4v) is 4.31. The lowest BCUT2D eigenvalue weighted by molar-refractivity contribution is -0.114. The van der Waals surface area contributed by atoms with Crippen molar-refractivity contribution < 1.29 is 18.7 Å². The third-order valence-electron chi connectivity index (χ3n) is 4.91. The predicted molar refractivity (Wildman–Crippen MR) is 131 cm³/mol. The zero-order chi connectivity index (χ0) is 24.5. The molecule has 8 nitrogen and oxygen atoms in total. The van der Waals surface area contributed by atoms with Crippen molar-refractivity contribution in [2.75, 3.05) is 0 Å². The molecule has 3 aromatic rings. The van der Waals surface area contributed by atoms with E-state index in [2.05, 4.69) is 15.1 Å². The van der Waals surface area contributed by atoms with E-state index in [-0.39, 0.29) is 32.9 Å². The third-order valence-corrected chi connectivity index (χ3v) is 6.17. The molecule has 1 amide bonds. The van der Waals surface area contributed by atoms with Gasteiger partial charge < -0.3 is 4.74 Å². The van der Waals surface area contributed by atoms with Gasteiger partial charge in [-0.25, -0.2) is 9.18 Å². The molecule has 0 unspecified atom stereocenters. The lowest BCUT2D eigenvalue weighted by atomic mass is 10.1. The van der Waals surface area contributed by atoms with Gasteiger partial charge in [0, 0.05) is 18.0 Å². The topological polar surface area (TPSA) is 108 Å². The van der Waals surface area contributed by atoms with E-state index < -0.39 is 17.7 Å². The second-order valence-electron chi connectivity index (χ2n) is 7.25. The molecule has 0 atom stereocenters. The number of hydrogen-bond donors (Lipinski definition) is 1. The number of hydrazone groups is 1. The predicted octanol–water partition coefficient (Wildman–Crippen LogP) is 4.76. The minimum absolute atomic E-state index is 0.0256. The van der Waals surface area contributed by atoms with Gasteiger partial charge in [0.15, 0.2) is 5.84 Å². The van der Waals surface area contributed by atoms with Gasteiger partial charge in [0.1, 0.15) is 16.6 Å². The molecule has 172 valence electrons. The van der Waals surface area contributed by atoms with Crippen molar-refractivity contribution in [1.29, 1.82) is 5.41 Å². The number of halogens is 2. The van der Waals surface area contributed by atoms with Crippen molar-refractivity contribution >= 4 is 57.4 Å². The number of ether oxygens (including phenoxy) is 1. The van der Waals surface area contributed by atoms with Crippen LogP contribution in [0, 0.1) is 11.2 Å². The number of amidine groups is 2. The number of esters is 1. The first-order valence-electron chi connectivity index (χ1n) is 10.1. The minimum Gasteiger partial charge on any atom is -0.421 e. The smallest absolute Gasteiger partial charge is 0.343 e. The van der Waals surface area contributed by atoms with E-state index in [1.165, 1.54) is 47.1 Å². The van der Waals surface area contributed by atoms with E-state index in [1.54, 1.807) is 24.5 Å². The number of aromatic nitrogens is 1. The van der Waals surface area contributed by atoms with Crippen LogP contribution in [0.4, 0.5) is 4.39 Å². The highest BCUT2D eigenvalue weighted by Gasteiger charge is 2.36. The summed E-state index contributed by atoms with van der Waals surface area (Å²) in [5, 5.41) is 15.2. The maximum atomic E-state index is 13.1. The van der Waals surface area contributed by atoms with Crippen LogP contribution in [0.3, 0.4) is 0 Å². The van der Waals surface area contributed by atoms with Crippen molar-refractivity contribution in [1.82, 2.24) is 9.99 Å². The monoisotopic (exact) mass is 505 g/mol. The molecule has 0 saturated heterocycles. The molecule has 0 radical (unpaired) electrons.